The Hall–Kier alpha value is -0.990. The van der Waals surface area contributed by atoms with Crippen LogP contribution >= 0.6 is 15.9 Å². The quantitative estimate of drug-likeness (QED) is 0.884. The Morgan fingerprint density at radius 2 is 2.10 bits per heavy atom. The standard InChI is InChI=1S/C12H13BrFNO4S/c1-7(12(16)17)8-5-15(6-8)20(18,19)11-3-2-9(13)4-10(11)14/h2-4,7-8H,5-6H2,1H3,(H,16,17). The maximum atomic E-state index is 13.7. The lowest BCUT2D eigenvalue weighted by Crippen LogP contribution is -2.53. The van der Waals surface area contributed by atoms with Gasteiger partial charge in [0.25, 0.3) is 0 Å². The summed E-state index contributed by atoms with van der Waals surface area (Å²) in [6.45, 7) is 1.74. The van der Waals surface area contributed by atoms with Gasteiger partial charge in [-0.1, -0.05) is 22.9 Å². The number of carboxylic acids is 1. The third kappa shape index (κ3) is 2.72. The van der Waals surface area contributed by atoms with E-state index in [1.807, 2.05) is 0 Å². The molecule has 1 fully saturated rings. The zero-order valence-electron chi connectivity index (χ0n) is 10.6. The Kier molecular flexibility index (Phi) is 4.17. The van der Waals surface area contributed by atoms with Gasteiger partial charge in [0, 0.05) is 17.6 Å². The molecule has 2 rings (SSSR count). The summed E-state index contributed by atoms with van der Waals surface area (Å²) in [5.74, 6) is -2.63. The van der Waals surface area contributed by atoms with E-state index in [-0.39, 0.29) is 23.9 Å². The third-order valence-corrected chi connectivity index (χ3v) is 5.84. The zero-order valence-corrected chi connectivity index (χ0v) is 13.0. The highest BCUT2D eigenvalue weighted by molar-refractivity contribution is 9.10. The molecule has 1 atom stereocenters. The van der Waals surface area contributed by atoms with E-state index in [0.717, 1.165) is 10.4 Å². The van der Waals surface area contributed by atoms with Gasteiger partial charge in [0.15, 0.2) is 0 Å². The minimum absolute atomic E-state index is 0.102. The van der Waals surface area contributed by atoms with Crippen LogP contribution in [0.15, 0.2) is 27.6 Å². The number of sulfonamides is 1. The van der Waals surface area contributed by atoms with Crippen LogP contribution in [0.2, 0.25) is 0 Å². The van der Waals surface area contributed by atoms with E-state index in [1.54, 1.807) is 0 Å². The van der Waals surface area contributed by atoms with Gasteiger partial charge in [0.1, 0.15) is 10.7 Å². The van der Waals surface area contributed by atoms with Gasteiger partial charge in [-0.15, -0.1) is 0 Å². The number of aliphatic carboxylic acids is 1. The van der Waals surface area contributed by atoms with Crippen LogP contribution in [0.1, 0.15) is 6.92 Å². The van der Waals surface area contributed by atoms with Crippen molar-refractivity contribution in [2.24, 2.45) is 11.8 Å². The summed E-state index contributed by atoms with van der Waals surface area (Å²) in [5, 5.41) is 8.86. The molecule has 1 unspecified atom stereocenters. The number of rotatable bonds is 4. The molecule has 0 saturated carbocycles. The van der Waals surface area contributed by atoms with Crippen molar-refractivity contribution in [3.05, 3.63) is 28.5 Å². The fourth-order valence-electron chi connectivity index (χ4n) is 2.01. The minimum Gasteiger partial charge on any atom is -0.481 e. The van der Waals surface area contributed by atoms with Gasteiger partial charge in [0.05, 0.1) is 5.92 Å². The SMILES string of the molecule is CC(C(=O)O)C1CN(S(=O)(=O)c2ccc(Br)cc2F)C1. The van der Waals surface area contributed by atoms with Crippen molar-refractivity contribution in [2.45, 2.75) is 11.8 Å². The van der Waals surface area contributed by atoms with Crippen molar-refractivity contribution >= 4 is 31.9 Å². The van der Waals surface area contributed by atoms with Gasteiger partial charge in [-0.3, -0.25) is 4.79 Å². The molecule has 1 heterocycles. The van der Waals surface area contributed by atoms with Crippen LogP contribution in [0, 0.1) is 17.7 Å². The second-order valence-electron chi connectivity index (χ2n) is 4.78. The van der Waals surface area contributed by atoms with Crippen LogP contribution in [0.3, 0.4) is 0 Å². The highest BCUT2D eigenvalue weighted by Crippen LogP contribution is 2.31. The fourth-order valence-corrected chi connectivity index (χ4v) is 3.94. The molecule has 20 heavy (non-hydrogen) atoms. The van der Waals surface area contributed by atoms with E-state index < -0.39 is 27.7 Å². The van der Waals surface area contributed by atoms with Crippen molar-refractivity contribution in [2.75, 3.05) is 13.1 Å². The summed E-state index contributed by atoms with van der Waals surface area (Å²) >= 11 is 3.06. The van der Waals surface area contributed by atoms with Gasteiger partial charge < -0.3 is 5.11 Å². The van der Waals surface area contributed by atoms with Gasteiger partial charge in [-0.05, 0) is 24.1 Å². The van der Waals surface area contributed by atoms with Crippen LogP contribution in [0.5, 0.6) is 0 Å². The van der Waals surface area contributed by atoms with Crippen molar-refractivity contribution < 1.29 is 22.7 Å². The first-order valence-electron chi connectivity index (χ1n) is 5.91. The predicted molar refractivity (Wildman–Crippen MR) is 73.1 cm³/mol. The molecular weight excluding hydrogens is 353 g/mol. The maximum Gasteiger partial charge on any atom is 0.306 e. The number of benzene rings is 1. The van der Waals surface area contributed by atoms with Gasteiger partial charge in [-0.2, -0.15) is 4.31 Å². The van der Waals surface area contributed by atoms with Crippen molar-refractivity contribution in [1.29, 1.82) is 0 Å². The zero-order chi connectivity index (χ0) is 15.1. The molecular formula is C12H13BrFNO4S. The summed E-state index contributed by atoms with van der Waals surface area (Å²) < 4.78 is 39.7. The van der Waals surface area contributed by atoms with Crippen LogP contribution < -0.4 is 0 Å². The Balaban J connectivity index is 2.16. The molecule has 5 nitrogen and oxygen atoms in total. The van der Waals surface area contributed by atoms with Crippen LogP contribution in [-0.4, -0.2) is 36.9 Å². The van der Waals surface area contributed by atoms with Crippen LogP contribution in [-0.2, 0) is 14.8 Å². The number of carbonyl (C=O) groups is 1. The van der Waals surface area contributed by atoms with Gasteiger partial charge in [0.2, 0.25) is 10.0 Å². The van der Waals surface area contributed by atoms with Crippen LogP contribution in [0.4, 0.5) is 4.39 Å². The van der Waals surface area contributed by atoms with E-state index in [9.17, 15) is 17.6 Å². The van der Waals surface area contributed by atoms with E-state index in [0.29, 0.717) is 4.47 Å². The van der Waals surface area contributed by atoms with E-state index >= 15 is 0 Å². The lowest BCUT2D eigenvalue weighted by molar-refractivity contribution is -0.144. The number of halogens is 2. The number of hydrogen-bond acceptors (Lipinski definition) is 3. The summed E-state index contributed by atoms with van der Waals surface area (Å²) in [6, 6.07) is 3.74. The molecule has 0 aliphatic carbocycles. The Bertz CT molecular complexity index is 643. The van der Waals surface area contributed by atoms with Crippen molar-refractivity contribution in [3.63, 3.8) is 0 Å². The highest BCUT2D eigenvalue weighted by atomic mass is 79.9. The molecule has 0 amide bonds. The second-order valence-corrected chi connectivity index (χ2v) is 7.61. The molecule has 1 aromatic carbocycles. The Morgan fingerprint density at radius 3 is 2.60 bits per heavy atom. The normalized spacial score (nSPS) is 18.6. The lowest BCUT2D eigenvalue weighted by atomic mass is 9.89. The molecule has 0 spiro atoms. The fraction of sp³-hybridized carbons (Fsp3) is 0.417. The molecule has 1 aliphatic rings. The van der Waals surface area contributed by atoms with Gasteiger partial charge in [-0.25, -0.2) is 12.8 Å². The summed E-state index contributed by atoms with van der Waals surface area (Å²) in [5.41, 5.74) is 0. The summed E-state index contributed by atoms with van der Waals surface area (Å²) in [6.07, 6.45) is 0. The number of carboxylic acid groups (broad SMARTS) is 1. The minimum atomic E-state index is -3.90. The largest absolute Gasteiger partial charge is 0.481 e. The molecule has 0 radical (unpaired) electrons. The van der Waals surface area contributed by atoms with Crippen LogP contribution in [0.25, 0.3) is 0 Å². The maximum absolute atomic E-state index is 13.7. The number of nitrogens with zero attached hydrogens (tertiary/aromatic N) is 1. The molecule has 8 heteroatoms. The van der Waals surface area contributed by atoms with E-state index in [4.69, 9.17) is 5.11 Å². The first kappa shape index (κ1) is 15.4. The number of hydrogen-bond donors (Lipinski definition) is 1. The van der Waals surface area contributed by atoms with Crippen molar-refractivity contribution in [1.82, 2.24) is 4.31 Å². The van der Waals surface area contributed by atoms with E-state index in [1.165, 1.54) is 19.1 Å². The molecule has 0 bridgehead atoms. The first-order chi connectivity index (χ1) is 9.23. The average Bonchev–Trinajstić information content (AvgIpc) is 2.25. The molecule has 0 aromatic heterocycles. The molecule has 1 N–H and O–H groups in total. The molecule has 110 valence electrons. The highest BCUT2D eigenvalue weighted by Gasteiger charge is 2.42. The van der Waals surface area contributed by atoms with Crippen molar-refractivity contribution in [3.8, 4) is 0 Å². The smallest absolute Gasteiger partial charge is 0.306 e. The topological polar surface area (TPSA) is 74.7 Å². The second kappa shape index (κ2) is 5.42. The summed E-state index contributed by atoms with van der Waals surface area (Å²) in [4.78, 5) is 10.4. The Morgan fingerprint density at radius 1 is 1.50 bits per heavy atom. The monoisotopic (exact) mass is 365 g/mol. The first-order valence-corrected chi connectivity index (χ1v) is 8.15. The van der Waals surface area contributed by atoms with E-state index in [2.05, 4.69) is 15.9 Å². The predicted octanol–water partition coefficient (Wildman–Crippen LogP) is 1.93. The third-order valence-electron chi connectivity index (χ3n) is 3.48. The molecule has 1 aliphatic heterocycles. The Labute approximate surface area is 124 Å². The molecule has 1 saturated heterocycles. The molecule has 1 aromatic rings. The summed E-state index contributed by atoms with van der Waals surface area (Å²) in [7, 11) is -3.90. The van der Waals surface area contributed by atoms with Gasteiger partial charge >= 0.3 is 5.97 Å². The lowest BCUT2D eigenvalue weighted by Gasteiger charge is -2.39. The average molecular weight is 366 g/mol.